The molecule has 0 N–H and O–H groups in total. The van der Waals surface area contributed by atoms with Gasteiger partial charge in [0, 0.05) is 11.6 Å². The molecule has 0 aliphatic carbocycles. The molecule has 20 heavy (non-hydrogen) atoms. The topological polar surface area (TPSA) is 38.8 Å². The molecular weight excluding hydrogens is 278 g/mol. The smallest absolute Gasteiger partial charge is 0.344 e. The third kappa shape index (κ3) is 5.02. The van der Waals surface area contributed by atoms with Crippen molar-refractivity contribution in [3.8, 4) is 5.75 Å². The van der Waals surface area contributed by atoms with Gasteiger partial charge in [-0.1, -0.05) is 11.6 Å². The minimum atomic E-state index is -0.341. The van der Waals surface area contributed by atoms with Crippen LogP contribution in [-0.2, 0) is 9.53 Å². The number of carbonyl (C=O) groups is 1. The van der Waals surface area contributed by atoms with Gasteiger partial charge in [0.05, 0.1) is 0 Å². The van der Waals surface area contributed by atoms with Crippen LogP contribution in [-0.4, -0.2) is 43.2 Å². The maximum atomic E-state index is 11.7. The Morgan fingerprint density at radius 3 is 2.60 bits per heavy atom. The summed E-state index contributed by atoms with van der Waals surface area (Å²) in [5, 5.41) is 0.638. The van der Waals surface area contributed by atoms with E-state index < -0.39 is 0 Å². The van der Waals surface area contributed by atoms with Gasteiger partial charge in [-0.15, -0.1) is 0 Å². The van der Waals surface area contributed by atoms with Gasteiger partial charge in [0.1, 0.15) is 11.9 Å². The predicted molar refractivity (Wildman–Crippen MR) is 78.2 cm³/mol. The number of hydrogen-bond donors (Lipinski definition) is 0. The van der Waals surface area contributed by atoms with Crippen molar-refractivity contribution < 1.29 is 14.3 Å². The molecule has 1 fully saturated rings. The van der Waals surface area contributed by atoms with Gasteiger partial charge < -0.3 is 9.47 Å². The lowest BCUT2D eigenvalue weighted by Crippen LogP contribution is -2.32. The average molecular weight is 298 g/mol. The summed E-state index contributed by atoms with van der Waals surface area (Å²) in [5.41, 5.74) is 0. The van der Waals surface area contributed by atoms with E-state index in [-0.39, 0.29) is 18.7 Å². The highest BCUT2D eigenvalue weighted by Crippen LogP contribution is 2.15. The van der Waals surface area contributed by atoms with E-state index in [4.69, 9.17) is 21.1 Å². The first-order valence-electron chi connectivity index (χ1n) is 6.93. The fourth-order valence-corrected chi connectivity index (χ4v) is 2.42. The molecule has 5 heteroatoms. The number of carbonyl (C=O) groups excluding carboxylic acids is 1. The molecule has 1 aliphatic heterocycles. The lowest BCUT2D eigenvalue weighted by atomic mass is 10.3. The summed E-state index contributed by atoms with van der Waals surface area (Å²) in [5.74, 6) is 0.269. The first-order chi connectivity index (χ1) is 9.63. The van der Waals surface area contributed by atoms with Crippen LogP contribution in [0.25, 0.3) is 0 Å². The molecule has 1 aliphatic rings. The van der Waals surface area contributed by atoms with Crippen LogP contribution in [0.15, 0.2) is 24.3 Å². The van der Waals surface area contributed by atoms with Crippen molar-refractivity contribution in [2.75, 3.05) is 26.2 Å². The zero-order valence-electron chi connectivity index (χ0n) is 11.7. The number of likely N-dealkylation sites (tertiary alicyclic amines) is 1. The van der Waals surface area contributed by atoms with E-state index in [0.717, 1.165) is 19.6 Å². The standard InChI is InChI=1S/C15H20ClNO3/c1-12(10-17-8-2-3-9-17)20-15(18)11-19-14-6-4-13(16)5-7-14/h4-7,12H,2-3,8-11H2,1H3/t12-/m0/s1. The predicted octanol–water partition coefficient (Wildman–Crippen LogP) is 2.75. The molecule has 0 bridgehead atoms. The second-order valence-electron chi connectivity index (χ2n) is 5.05. The Labute approximate surface area is 124 Å². The maximum absolute atomic E-state index is 11.7. The van der Waals surface area contributed by atoms with Crippen LogP contribution in [0.1, 0.15) is 19.8 Å². The molecule has 0 saturated carbocycles. The molecule has 0 spiro atoms. The van der Waals surface area contributed by atoms with Gasteiger partial charge >= 0.3 is 5.97 Å². The quantitative estimate of drug-likeness (QED) is 0.757. The Morgan fingerprint density at radius 1 is 1.30 bits per heavy atom. The van der Waals surface area contributed by atoms with E-state index in [0.29, 0.717) is 10.8 Å². The number of nitrogens with zero attached hydrogens (tertiary/aromatic N) is 1. The van der Waals surface area contributed by atoms with Crippen molar-refractivity contribution in [1.82, 2.24) is 4.90 Å². The molecule has 1 aromatic carbocycles. The Bertz CT molecular complexity index is 429. The largest absolute Gasteiger partial charge is 0.482 e. The SMILES string of the molecule is C[C@@H](CN1CCCC1)OC(=O)COc1ccc(Cl)cc1. The van der Waals surface area contributed by atoms with Crippen LogP contribution >= 0.6 is 11.6 Å². The van der Waals surface area contributed by atoms with Gasteiger partial charge in [-0.2, -0.15) is 0 Å². The molecule has 110 valence electrons. The number of benzene rings is 1. The lowest BCUT2D eigenvalue weighted by molar-refractivity contribution is -0.151. The van der Waals surface area contributed by atoms with Gasteiger partial charge in [0.25, 0.3) is 0 Å². The second kappa shape index (κ2) is 7.50. The Hall–Kier alpha value is -1.26. The van der Waals surface area contributed by atoms with Crippen LogP contribution in [0.5, 0.6) is 5.75 Å². The number of hydrogen-bond acceptors (Lipinski definition) is 4. The summed E-state index contributed by atoms with van der Waals surface area (Å²) in [6, 6.07) is 6.89. The van der Waals surface area contributed by atoms with Crippen LogP contribution in [0.2, 0.25) is 5.02 Å². The Balaban J connectivity index is 1.67. The zero-order chi connectivity index (χ0) is 14.4. The normalized spacial score (nSPS) is 16.9. The molecular formula is C15H20ClNO3. The summed E-state index contributed by atoms with van der Waals surface area (Å²) >= 11 is 5.77. The average Bonchev–Trinajstić information content (AvgIpc) is 2.90. The van der Waals surface area contributed by atoms with Crippen molar-refractivity contribution in [3.05, 3.63) is 29.3 Å². The summed E-state index contributed by atoms with van der Waals surface area (Å²) in [6.45, 7) is 4.84. The molecule has 0 amide bonds. The van der Waals surface area contributed by atoms with E-state index in [9.17, 15) is 4.79 Å². The van der Waals surface area contributed by atoms with Gasteiger partial charge in [0.15, 0.2) is 6.61 Å². The highest BCUT2D eigenvalue weighted by atomic mass is 35.5. The Kier molecular flexibility index (Phi) is 5.68. The van der Waals surface area contributed by atoms with E-state index in [1.165, 1.54) is 12.8 Å². The fraction of sp³-hybridized carbons (Fsp3) is 0.533. The minimum Gasteiger partial charge on any atom is -0.482 e. The van der Waals surface area contributed by atoms with Crippen molar-refractivity contribution >= 4 is 17.6 Å². The van der Waals surface area contributed by atoms with E-state index in [1.807, 2.05) is 6.92 Å². The van der Waals surface area contributed by atoms with Crippen molar-refractivity contribution in [3.63, 3.8) is 0 Å². The molecule has 1 atom stereocenters. The summed E-state index contributed by atoms with van der Waals surface area (Å²) in [7, 11) is 0. The highest BCUT2D eigenvalue weighted by Gasteiger charge is 2.17. The van der Waals surface area contributed by atoms with Gasteiger partial charge in [-0.3, -0.25) is 4.90 Å². The second-order valence-corrected chi connectivity index (χ2v) is 5.49. The van der Waals surface area contributed by atoms with Gasteiger partial charge in [0.2, 0.25) is 0 Å². The summed E-state index contributed by atoms with van der Waals surface area (Å²) in [6.07, 6.45) is 2.37. The van der Waals surface area contributed by atoms with Crippen LogP contribution in [0, 0.1) is 0 Å². The summed E-state index contributed by atoms with van der Waals surface area (Å²) < 4.78 is 10.7. The minimum absolute atomic E-state index is 0.0774. The van der Waals surface area contributed by atoms with Crippen LogP contribution in [0.3, 0.4) is 0 Å². The van der Waals surface area contributed by atoms with Crippen LogP contribution in [0.4, 0.5) is 0 Å². The van der Waals surface area contributed by atoms with E-state index >= 15 is 0 Å². The molecule has 0 aromatic heterocycles. The fourth-order valence-electron chi connectivity index (χ4n) is 2.30. The first kappa shape index (κ1) is 15.1. The monoisotopic (exact) mass is 297 g/mol. The van der Waals surface area contributed by atoms with Gasteiger partial charge in [-0.05, 0) is 57.1 Å². The number of ether oxygens (including phenoxy) is 2. The highest BCUT2D eigenvalue weighted by molar-refractivity contribution is 6.30. The summed E-state index contributed by atoms with van der Waals surface area (Å²) in [4.78, 5) is 14.0. The van der Waals surface area contributed by atoms with E-state index in [2.05, 4.69) is 4.90 Å². The van der Waals surface area contributed by atoms with Crippen molar-refractivity contribution in [2.24, 2.45) is 0 Å². The third-order valence-electron chi connectivity index (χ3n) is 3.22. The number of rotatable bonds is 6. The number of esters is 1. The molecule has 1 aromatic rings. The van der Waals surface area contributed by atoms with Gasteiger partial charge in [-0.25, -0.2) is 4.79 Å². The molecule has 4 nitrogen and oxygen atoms in total. The molecule has 1 heterocycles. The maximum Gasteiger partial charge on any atom is 0.344 e. The lowest BCUT2D eigenvalue weighted by Gasteiger charge is -2.20. The zero-order valence-corrected chi connectivity index (χ0v) is 12.4. The molecule has 2 rings (SSSR count). The molecule has 1 saturated heterocycles. The number of halogens is 1. The van der Waals surface area contributed by atoms with E-state index in [1.54, 1.807) is 24.3 Å². The van der Waals surface area contributed by atoms with Crippen LogP contribution < -0.4 is 4.74 Å². The Morgan fingerprint density at radius 2 is 1.95 bits per heavy atom. The molecule has 0 unspecified atom stereocenters. The molecule has 0 radical (unpaired) electrons. The third-order valence-corrected chi connectivity index (χ3v) is 3.47. The first-order valence-corrected chi connectivity index (χ1v) is 7.31. The van der Waals surface area contributed by atoms with Crippen molar-refractivity contribution in [1.29, 1.82) is 0 Å². The van der Waals surface area contributed by atoms with Crippen molar-refractivity contribution in [2.45, 2.75) is 25.9 Å².